The highest BCUT2D eigenvalue weighted by Crippen LogP contribution is 2.36. The summed E-state index contributed by atoms with van der Waals surface area (Å²) in [5.41, 5.74) is 0. The number of fused-ring (bicyclic) bond motifs is 1. The molecule has 1 aromatic carbocycles. The quantitative estimate of drug-likeness (QED) is 0.797. The predicted octanol–water partition coefficient (Wildman–Crippen LogP) is 3.73. The first-order valence-corrected chi connectivity index (χ1v) is 7.54. The number of hydrazone groups is 1. The highest BCUT2D eigenvalue weighted by atomic mass is 32.1. The van der Waals surface area contributed by atoms with Gasteiger partial charge in [-0.15, -0.1) is 11.3 Å². The highest BCUT2D eigenvalue weighted by Gasteiger charge is 2.11. The Balaban J connectivity index is 1.89. The molecule has 0 unspecified atom stereocenters. The van der Waals surface area contributed by atoms with Crippen molar-refractivity contribution in [3.8, 4) is 5.75 Å². The molecule has 2 heterocycles. The summed E-state index contributed by atoms with van der Waals surface area (Å²) in [5.74, 6) is 0.946. The van der Waals surface area contributed by atoms with E-state index in [4.69, 9.17) is 4.74 Å². The zero-order valence-corrected chi connectivity index (χ0v) is 11.9. The topological polar surface area (TPSA) is 24.8 Å². The van der Waals surface area contributed by atoms with Gasteiger partial charge in [0.2, 0.25) is 0 Å². The summed E-state index contributed by atoms with van der Waals surface area (Å²) < 4.78 is 6.79. The molecule has 0 radical (unpaired) electrons. The summed E-state index contributed by atoms with van der Waals surface area (Å²) in [6.45, 7) is 2.15. The predicted molar refractivity (Wildman–Crippen MR) is 81.4 cm³/mol. The maximum absolute atomic E-state index is 5.54. The average Bonchev–Trinajstić information content (AvgIpc) is 2.83. The van der Waals surface area contributed by atoms with Crippen LogP contribution in [-0.2, 0) is 0 Å². The van der Waals surface area contributed by atoms with Crippen molar-refractivity contribution in [2.24, 2.45) is 5.10 Å². The van der Waals surface area contributed by atoms with Crippen molar-refractivity contribution in [1.29, 1.82) is 0 Å². The minimum absolute atomic E-state index is 0.946. The van der Waals surface area contributed by atoms with Crippen molar-refractivity contribution in [3.05, 3.63) is 29.1 Å². The fourth-order valence-electron chi connectivity index (χ4n) is 2.46. The summed E-state index contributed by atoms with van der Waals surface area (Å²) in [6, 6.07) is 8.33. The molecule has 1 saturated heterocycles. The van der Waals surface area contributed by atoms with Crippen molar-refractivity contribution >= 4 is 27.6 Å². The maximum atomic E-state index is 5.54. The Morgan fingerprint density at radius 3 is 2.79 bits per heavy atom. The van der Waals surface area contributed by atoms with E-state index in [0.717, 1.165) is 23.7 Å². The molecule has 0 aliphatic carbocycles. The van der Waals surface area contributed by atoms with Gasteiger partial charge in [0, 0.05) is 23.2 Å². The van der Waals surface area contributed by atoms with Crippen molar-refractivity contribution in [1.82, 2.24) is 5.01 Å². The van der Waals surface area contributed by atoms with Gasteiger partial charge >= 0.3 is 0 Å². The second kappa shape index (κ2) is 5.61. The van der Waals surface area contributed by atoms with E-state index in [1.54, 1.807) is 18.4 Å². The normalized spacial score (nSPS) is 16.4. The fraction of sp³-hybridized carbons (Fsp3) is 0.400. The summed E-state index contributed by atoms with van der Waals surface area (Å²) in [5, 5.41) is 7.93. The monoisotopic (exact) mass is 274 g/mol. The second-order valence-electron chi connectivity index (χ2n) is 4.75. The van der Waals surface area contributed by atoms with Crippen LogP contribution in [0, 0.1) is 0 Å². The number of nitrogens with zero attached hydrogens (tertiary/aromatic N) is 2. The van der Waals surface area contributed by atoms with Crippen LogP contribution in [0.2, 0.25) is 0 Å². The molecule has 1 aromatic heterocycles. The standard InChI is InChI=1S/C15H18N2OS/c1-18-15-12-7-3-4-8-13(12)19-14(15)11-16-17-9-5-2-6-10-17/h3-4,7-8,11H,2,5-6,9-10H2,1H3. The Bertz CT molecular complexity index is 585. The number of ether oxygens (including phenoxy) is 1. The smallest absolute Gasteiger partial charge is 0.146 e. The van der Waals surface area contributed by atoms with E-state index >= 15 is 0 Å². The van der Waals surface area contributed by atoms with E-state index in [9.17, 15) is 0 Å². The Kier molecular flexibility index (Phi) is 3.69. The number of hydrogen-bond donors (Lipinski definition) is 0. The molecule has 1 fully saturated rings. The van der Waals surface area contributed by atoms with Crippen LogP contribution in [-0.4, -0.2) is 31.4 Å². The molecule has 0 saturated carbocycles. The van der Waals surface area contributed by atoms with Crippen molar-refractivity contribution in [3.63, 3.8) is 0 Å². The molecule has 0 spiro atoms. The first-order valence-electron chi connectivity index (χ1n) is 6.73. The molecular weight excluding hydrogens is 256 g/mol. The lowest BCUT2D eigenvalue weighted by Crippen LogP contribution is -2.24. The fourth-order valence-corrected chi connectivity index (χ4v) is 3.50. The van der Waals surface area contributed by atoms with E-state index in [1.165, 1.54) is 29.3 Å². The average molecular weight is 274 g/mol. The number of thiophene rings is 1. The first kappa shape index (κ1) is 12.5. The molecule has 3 rings (SSSR count). The largest absolute Gasteiger partial charge is 0.495 e. The first-order chi connectivity index (χ1) is 9.38. The van der Waals surface area contributed by atoms with Crippen LogP contribution < -0.4 is 4.74 Å². The summed E-state index contributed by atoms with van der Waals surface area (Å²) in [6.07, 6.45) is 5.79. The number of rotatable bonds is 3. The Morgan fingerprint density at radius 1 is 1.21 bits per heavy atom. The van der Waals surface area contributed by atoms with Crippen LogP contribution in [0.3, 0.4) is 0 Å². The van der Waals surface area contributed by atoms with Gasteiger partial charge in [-0.2, -0.15) is 5.10 Å². The van der Waals surface area contributed by atoms with Crippen LogP contribution in [0.1, 0.15) is 24.1 Å². The third-order valence-electron chi connectivity index (χ3n) is 3.45. The number of methoxy groups -OCH3 is 1. The van der Waals surface area contributed by atoms with Gasteiger partial charge < -0.3 is 4.74 Å². The molecule has 1 aliphatic rings. The van der Waals surface area contributed by atoms with E-state index in [-0.39, 0.29) is 0 Å². The Hall–Kier alpha value is -1.55. The lowest BCUT2D eigenvalue weighted by atomic mass is 10.2. The van der Waals surface area contributed by atoms with Crippen molar-refractivity contribution in [2.45, 2.75) is 19.3 Å². The molecule has 0 atom stereocenters. The Labute approximate surface area is 117 Å². The SMILES string of the molecule is COc1c(C=NN2CCCCC2)sc2ccccc12. The van der Waals surface area contributed by atoms with Gasteiger partial charge in [0.05, 0.1) is 18.2 Å². The van der Waals surface area contributed by atoms with E-state index in [2.05, 4.69) is 28.3 Å². The van der Waals surface area contributed by atoms with Gasteiger partial charge in [-0.05, 0) is 31.4 Å². The third-order valence-corrected chi connectivity index (χ3v) is 4.54. The summed E-state index contributed by atoms with van der Waals surface area (Å²) >= 11 is 1.74. The maximum Gasteiger partial charge on any atom is 0.146 e. The van der Waals surface area contributed by atoms with E-state index in [1.807, 2.05) is 12.3 Å². The number of piperidine rings is 1. The van der Waals surface area contributed by atoms with E-state index in [0.29, 0.717) is 0 Å². The summed E-state index contributed by atoms with van der Waals surface area (Å²) in [7, 11) is 1.73. The molecule has 2 aromatic rings. The lowest BCUT2D eigenvalue weighted by Gasteiger charge is -2.23. The van der Waals surface area contributed by atoms with Crippen LogP contribution in [0.15, 0.2) is 29.4 Å². The van der Waals surface area contributed by atoms with Crippen molar-refractivity contribution in [2.75, 3.05) is 20.2 Å². The molecular formula is C15H18N2OS. The molecule has 100 valence electrons. The molecule has 0 N–H and O–H groups in total. The van der Waals surface area contributed by atoms with Crippen LogP contribution in [0.25, 0.3) is 10.1 Å². The molecule has 0 amide bonds. The molecule has 3 nitrogen and oxygen atoms in total. The zero-order chi connectivity index (χ0) is 13.1. The van der Waals surface area contributed by atoms with Gasteiger partial charge in [0.25, 0.3) is 0 Å². The molecule has 1 aliphatic heterocycles. The molecule has 0 bridgehead atoms. The van der Waals surface area contributed by atoms with Gasteiger partial charge in [-0.1, -0.05) is 12.1 Å². The zero-order valence-electron chi connectivity index (χ0n) is 11.1. The molecule has 4 heteroatoms. The highest BCUT2D eigenvalue weighted by molar-refractivity contribution is 7.21. The van der Waals surface area contributed by atoms with Gasteiger partial charge in [0.1, 0.15) is 5.75 Å². The van der Waals surface area contributed by atoms with E-state index < -0.39 is 0 Å². The molecule has 19 heavy (non-hydrogen) atoms. The Morgan fingerprint density at radius 2 is 2.00 bits per heavy atom. The minimum atomic E-state index is 0.946. The van der Waals surface area contributed by atoms with Gasteiger partial charge in [-0.25, -0.2) is 0 Å². The van der Waals surface area contributed by atoms with Gasteiger partial charge in [-0.3, -0.25) is 5.01 Å². The lowest BCUT2D eigenvalue weighted by molar-refractivity contribution is 0.240. The minimum Gasteiger partial charge on any atom is -0.495 e. The van der Waals surface area contributed by atoms with Crippen LogP contribution in [0.5, 0.6) is 5.75 Å². The van der Waals surface area contributed by atoms with Crippen LogP contribution in [0.4, 0.5) is 0 Å². The third kappa shape index (κ3) is 2.59. The number of benzene rings is 1. The second-order valence-corrected chi connectivity index (χ2v) is 5.84. The van der Waals surface area contributed by atoms with Crippen LogP contribution >= 0.6 is 11.3 Å². The summed E-state index contributed by atoms with van der Waals surface area (Å²) in [4.78, 5) is 1.11. The van der Waals surface area contributed by atoms with Gasteiger partial charge in [0.15, 0.2) is 0 Å². The van der Waals surface area contributed by atoms with Crippen molar-refractivity contribution < 1.29 is 4.74 Å². The number of hydrogen-bond acceptors (Lipinski definition) is 4.